The molecule has 1 aromatic heterocycles. The van der Waals surface area contributed by atoms with Gasteiger partial charge in [-0.2, -0.15) is 5.10 Å². The molecule has 118 valence electrons. The molecule has 0 aliphatic rings. The highest BCUT2D eigenvalue weighted by molar-refractivity contribution is 5.89. The van der Waals surface area contributed by atoms with Crippen molar-refractivity contribution >= 4 is 16.7 Å². The highest BCUT2D eigenvalue weighted by Crippen LogP contribution is 2.26. The van der Waals surface area contributed by atoms with Crippen LogP contribution in [0.1, 0.15) is 34.6 Å². The summed E-state index contributed by atoms with van der Waals surface area (Å²) in [6, 6.07) is 13.9. The van der Waals surface area contributed by atoms with Crippen LogP contribution in [0.2, 0.25) is 0 Å². The second kappa shape index (κ2) is 5.88. The van der Waals surface area contributed by atoms with Crippen molar-refractivity contribution in [2.45, 2.75) is 26.7 Å². The molecule has 0 aliphatic carbocycles. The van der Waals surface area contributed by atoms with Gasteiger partial charge in [-0.25, -0.2) is 4.68 Å². The van der Waals surface area contributed by atoms with E-state index in [4.69, 9.17) is 4.74 Å². The molecular formula is C19H20N2O2. The van der Waals surface area contributed by atoms with E-state index in [2.05, 4.69) is 11.2 Å². The van der Waals surface area contributed by atoms with Crippen molar-refractivity contribution in [1.29, 1.82) is 0 Å². The van der Waals surface area contributed by atoms with Gasteiger partial charge in [-0.05, 0) is 55.3 Å². The van der Waals surface area contributed by atoms with Crippen LogP contribution in [0.15, 0.2) is 42.5 Å². The molecule has 0 unspecified atom stereocenters. The molecule has 2 aromatic carbocycles. The third-order valence-corrected chi connectivity index (χ3v) is 4.16. The minimum absolute atomic E-state index is 0.0107. The van der Waals surface area contributed by atoms with E-state index in [9.17, 15) is 4.79 Å². The lowest BCUT2D eigenvalue weighted by Crippen LogP contribution is -2.20. The lowest BCUT2D eigenvalue weighted by Gasteiger charge is -2.13. The Kier molecular flexibility index (Phi) is 3.90. The highest BCUT2D eigenvalue weighted by Gasteiger charge is 2.20. The summed E-state index contributed by atoms with van der Waals surface area (Å²) in [5, 5.41) is 6.48. The number of rotatable bonds is 3. The molecule has 0 saturated heterocycles. The maximum atomic E-state index is 12.7. The Morgan fingerprint density at radius 1 is 1.09 bits per heavy atom. The first kappa shape index (κ1) is 15.3. The first-order valence-corrected chi connectivity index (χ1v) is 7.65. The molecule has 1 heterocycles. The number of benzene rings is 2. The Balaban J connectivity index is 1.95. The third-order valence-electron chi connectivity index (χ3n) is 4.16. The van der Waals surface area contributed by atoms with E-state index >= 15 is 0 Å². The normalized spacial score (nSPS) is 12.3. The van der Waals surface area contributed by atoms with Gasteiger partial charge in [-0.1, -0.05) is 24.3 Å². The van der Waals surface area contributed by atoms with Crippen LogP contribution in [0.3, 0.4) is 0 Å². The van der Waals surface area contributed by atoms with Gasteiger partial charge in [0, 0.05) is 5.69 Å². The van der Waals surface area contributed by atoms with E-state index in [1.165, 1.54) is 4.68 Å². The Morgan fingerprint density at radius 3 is 2.43 bits per heavy atom. The monoisotopic (exact) mass is 308 g/mol. The maximum Gasteiger partial charge on any atom is 0.254 e. The number of aryl methyl sites for hydroxylation is 2. The minimum atomic E-state index is -0.250. The Morgan fingerprint density at radius 2 is 1.78 bits per heavy atom. The van der Waals surface area contributed by atoms with Gasteiger partial charge in [0.05, 0.1) is 18.7 Å². The SMILES string of the molecule is COc1ccc2cc([C@H](C)C(=O)n3nc(C)cc3C)ccc2c1. The van der Waals surface area contributed by atoms with E-state index < -0.39 is 0 Å². The number of carbonyl (C=O) groups excluding carboxylic acids is 1. The lowest BCUT2D eigenvalue weighted by atomic mass is 9.97. The van der Waals surface area contributed by atoms with Crippen molar-refractivity contribution in [2.24, 2.45) is 0 Å². The number of hydrogen-bond acceptors (Lipinski definition) is 3. The molecule has 0 fully saturated rings. The molecule has 0 radical (unpaired) electrons. The lowest BCUT2D eigenvalue weighted by molar-refractivity contribution is 0.0865. The van der Waals surface area contributed by atoms with Crippen LogP contribution in [0, 0.1) is 13.8 Å². The summed E-state index contributed by atoms with van der Waals surface area (Å²) >= 11 is 0. The summed E-state index contributed by atoms with van der Waals surface area (Å²) in [6.07, 6.45) is 0. The number of nitrogens with zero attached hydrogens (tertiary/aromatic N) is 2. The Labute approximate surface area is 135 Å². The fraction of sp³-hybridized carbons (Fsp3) is 0.263. The minimum Gasteiger partial charge on any atom is -0.497 e. The molecule has 23 heavy (non-hydrogen) atoms. The van der Waals surface area contributed by atoms with E-state index in [1.807, 2.05) is 57.2 Å². The quantitative estimate of drug-likeness (QED) is 0.731. The van der Waals surface area contributed by atoms with E-state index in [1.54, 1.807) is 7.11 Å². The highest BCUT2D eigenvalue weighted by atomic mass is 16.5. The zero-order valence-corrected chi connectivity index (χ0v) is 13.8. The molecule has 4 nitrogen and oxygen atoms in total. The molecule has 1 atom stereocenters. The van der Waals surface area contributed by atoms with Crippen LogP contribution < -0.4 is 4.74 Å². The molecule has 3 rings (SSSR count). The average Bonchev–Trinajstić information content (AvgIpc) is 2.90. The third kappa shape index (κ3) is 2.84. The van der Waals surface area contributed by atoms with Gasteiger partial charge in [-0.3, -0.25) is 4.79 Å². The summed E-state index contributed by atoms with van der Waals surface area (Å²) in [5.41, 5.74) is 2.71. The predicted octanol–water partition coefficient (Wildman–Crippen LogP) is 4.11. The number of aromatic nitrogens is 2. The molecule has 0 N–H and O–H groups in total. The first-order valence-electron chi connectivity index (χ1n) is 7.65. The van der Waals surface area contributed by atoms with Gasteiger partial charge in [0.15, 0.2) is 0 Å². The zero-order valence-electron chi connectivity index (χ0n) is 13.8. The number of methoxy groups -OCH3 is 1. The fourth-order valence-electron chi connectivity index (χ4n) is 2.82. The first-order chi connectivity index (χ1) is 11.0. The molecule has 3 aromatic rings. The summed E-state index contributed by atoms with van der Waals surface area (Å²) < 4.78 is 6.74. The van der Waals surface area contributed by atoms with Crippen LogP contribution in [0.25, 0.3) is 10.8 Å². The second-order valence-electron chi connectivity index (χ2n) is 5.87. The maximum absolute atomic E-state index is 12.7. The Hall–Kier alpha value is -2.62. The van der Waals surface area contributed by atoms with Crippen LogP contribution >= 0.6 is 0 Å². The van der Waals surface area contributed by atoms with Crippen LogP contribution in [-0.2, 0) is 0 Å². The number of carbonyl (C=O) groups is 1. The Bertz CT molecular complexity index is 880. The van der Waals surface area contributed by atoms with Gasteiger partial charge in [0.25, 0.3) is 5.91 Å². The largest absolute Gasteiger partial charge is 0.497 e. The van der Waals surface area contributed by atoms with Gasteiger partial charge in [-0.15, -0.1) is 0 Å². The van der Waals surface area contributed by atoms with Crippen molar-refractivity contribution in [2.75, 3.05) is 7.11 Å². The number of ether oxygens (including phenoxy) is 1. The van der Waals surface area contributed by atoms with Gasteiger partial charge >= 0.3 is 0 Å². The van der Waals surface area contributed by atoms with E-state index in [0.717, 1.165) is 33.5 Å². The van der Waals surface area contributed by atoms with Gasteiger partial charge in [0.1, 0.15) is 5.75 Å². The van der Waals surface area contributed by atoms with Crippen molar-refractivity contribution in [1.82, 2.24) is 9.78 Å². The second-order valence-corrected chi connectivity index (χ2v) is 5.87. The van der Waals surface area contributed by atoms with Crippen molar-refractivity contribution in [3.05, 3.63) is 59.4 Å². The summed E-state index contributed by atoms with van der Waals surface area (Å²) in [6.45, 7) is 5.71. The molecule has 0 spiro atoms. The van der Waals surface area contributed by atoms with E-state index in [-0.39, 0.29) is 11.8 Å². The summed E-state index contributed by atoms with van der Waals surface area (Å²) in [7, 11) is 1.66. The fourth-order valence-corrected chi connectivity index (χ4v) is 2.82. The van der Waals surface area contributed by atoms with Crippen molar-refractivity contribution in [3.8, 4) is 5.75 Å². The predicted molar refractivity (Wildman–Crippen MR) is 91.2 cm³/mol. The van der Waals surface area contributed by atoms with Crippen LogP contribution in [0.4, 0.5) is 0 Å². The van der Waals surface area contributed by atoms with Crippen molar-refractivity contribution in [3.63, 3.8) is 0 Å². The van der Waals surface area contributed by atoms with Crippen LogP contribution in [-0.4, -0.2) is 22.8 Å². The topological polar surface area (TPSA) is 44.1 Å². The smallest absolute Gasteiger partial charge is 0.254 e. The number of hydrogen-bond donors (Lipinski definition) is 0. The number of fused-ring (bicyclic) bond motifs is 1. The molecule has 0 aliphatic heterocycles. The van der Waals surface area contributed by atoms with Crippen molar-refractivity contribution < 1.29 is 9.53 Å². The van der Waals surface area contributed by atoms with Gasteiger partial charge in [0.2, 0.25) is 0 Å². The summed E-state index contributed by atoms with van der Waals surface area (Å²) in [4.78, 5) is 12.7. The summed E-state index contributed by atoms with van der Waals surface area (Å²) in [5.74, 6) is 0.569. The molecule has 0 saturated carbocycles. The zero-order chi connectivity index (χ0) is 16.6. The van der Waals surface area contributed by atoms with E-state index in [0.29, 0.717) is 0 Å². The van der Waals surface area contributed by atoms with Gasteiger partial charge < -0.3 is 4.74 Å². The standard InChI is InChI=1S/C19H20N2O2/c1-12-9-13(2)21(20-12)19(22)14(3)15-5-6-17-11-18(23-4)8-7-16(17)10-15/h5-11,14H,1-4H3/t14-/m0/s1. The molecule has 0 bridgehead atoms. The average molecular weight is 308 g/mol. The molecular weight excluding hydrogens is 288 g/mol. The van der Waals surface area contributed by atoms with Crippen LogP contribution in [0.5, 0.6) is 5.75 Å². The molecule has 0 amide bonds. The molecule has 4 heteroatoms.